The number of carboxylic acids is 1. The Morgan fingerprint density at radius 3 is 2.67 bits per heavy atom. The van der Waals surface area contributed by atoms with Gasteiger partial charge in [0.25, 0.3) is 10.0 Å². The molecule has 0 aromatic carbocycles. The molecule has 2 heterocycles. The summed E-state index contributed by atoms with van der Waals surface area (Å²) in [5.41, 5.74) is 0.295. The number of sulfonamides is 1. The third-order valence-electron chi connectivity index (χ3n) is 2.86. The van der Waals surface area contributed by atoms with E-state index in [2.05, 4.69) is 4.98 Å². The predicted octanol–water partition coefficient (Wildman–Crippen LogP) is -0.160. The molecule has 1 unspecified atom stereocenters. The van der Waals surface area contributed by atoms with Gasteiger partial charge in [0.2, 0.25) is 0 Å². The first-order valence-electron chi connectivity index (χ1n) is 5.25. The molecule has 1 aromatic rings. The molecular formula is C9H12N2O5S2. The first-order chi connectivity index (χ1) is 8.32. The second-order valence-corrected chi connectivity index (χ2v) is 7.23. The van der Waals surface area contributed by atoms with Crippen LogP contribution in [0.15, 0.2) is 9.00 Å². The van der Waals surface area contributed by atoms with Crippen LogP contribution >= 0.6 is 11.3 Å². The fourth-order valence-electron chi connectivity index (χ4n) is 1.90. The number of nitrogens with zero attached hydrogens (tertiary/aromatic N) is 1. The van der Waals surface area contributed by atoms with Gasteiger partial charge < -0.3 is 10.1 Å². The van der Waals surface area contributed by atoms with Crippen LogP contribution in [0.2, 0.25) is 0 Å². The van der Waals surface area contributed by atoms with Crippen molar-refractivity contribution < 1.29 is 18.3 Å². The normalized spacial score (nSPS) is 21.3. The number of thiazole rings is 1. The molecule has 100 valence electrons. The second-order valence-electron chi connectivity index (χ2n) is 4.11. The van der Waals surface area contributed by atoms with Gasteiger partial charge in [-0.05, 0) is 13.3 Å². The van der Waals surface area contributed by atoms with Crippen molar-refractivity contribution in [3.05, 3.63) is 15.4 Å². The Labute approximate surface area is 107 Å². The molecule has 0 aliphatic carbocycles. The number of nitrogens with one attached hydrogen (secondary N) is 1. The highest BCUT2D eigenvalue weighted by molar-refractivity contribution is 7.91. The number of aryl methyl sites for hydroxylation is 1. The zero-order valence-electron chi connectivity index (χ0n) is 9.54. The van der Waals surface area contributed by atoms with Gasteiger partial charge in [-0.1, -0.05) is 11.3 Å². The van der Waals surface area contributed by atoms with E-state index >= 15 is 0 Å². The number of rotatable bonds is 3. The molecule has 0 saturated carbocycles. The SMILES string of the molecule is Cc1[nH]c(=O)sc1S(=O)(=O)N1CCC(C(=O)O)C1. The Hall–Kier alpha value is -1.19. The summed E-state index contributed by atoms with van der Waals surface area (Å²) in [5.74, 6) is -1.66. The molecule has 2 rings (SSSR count). The Kier molecular flexibility index (Phi) is 3.30. The lowest BCUT2D eigenvalue weighted by molar-refractivity contribution is -0.141. The van der Waals surface area contributed by atoms with Gasteiger partial charge in [-0.25, -0.2) is 8.42 Å². The van der Waals surface area contributed by atoms with Crippen LogP contribution in [0, 0.1) is 12.8 Å². The average molecular weight is 292 g/mol. The van der Waals surface area contributed by atoms with Crippen molar-refractivity contribution in [1.29, 1.82) is 0 Å². The van der Waals surface area contributed by atoms with E-state index in [1.54, 1.807) is 0 Å². The molecule has 0 amide bonds. The maximum absolute atomic E-state index is 12.2. The van der Waals surface area contributed by atoms with Crippen molar-refractivity contribution in [3.8, 4) is 0 Å². The van der Waals surface area contributed by atoms with E-state index in [4.69, 9.17) is 5.11 Å². The van der Waals surface area contributed by atoms with E-state index in [-0.39, 0.29) is 17.3 Å². The lowest BCUT2D eigenvalue weighted by Crippen LogP contribution is -2.30. The van der Waals surface area contributed by atoms with Crippen molar-refractivity contribution in [1.82, 2.24) is 9.29 Å². The summed E-state index contributed by atoms with van der Waals surface area (Å²) in [4.78, 5) is 23.9. The summed E-state index contributed by atoms with van der Waals surface area (Å²) in [6, 6.07) is 0. The molecule has 1 aliphatic rings. The first-order valence-corrected chi connectivity index (χ1v) is 7.50. The van der Waals surface area contributed by atoms with Crippen molar-refractivity contribution in [3.63, 3.8) is 0 Å². The minimum atomic E-state index is -3.76. The lowest BCUT2D eigenvalue weighted by atomic mass is 10.1. The second kappa shape index (κ2) is 4.48. The molecular weight excluding hydrogens is 280 g/mol. The van der Waals surface area contributed by atoms with E-state index in [9.17, 15) is 18.0 Å². The minimum Gasteiger partial charge on any atom is -0.481 e. The number of aromatic nitrogens is 1. The third-order valence-corrected chi connectivity index (χ3v) is 6.30. The summed E-state index contributed by atoms with van der Waals surface area (Å²) >= 11 is 0.630. The van der Waals surface area contributed by atoms with Crippen molar-refractivity contribution in [2.45, 2.75) is 17.6 Å². The quantitative estimate of drug-likeness (QED) is 0.805. The maximum Gasteiger partial charge on any atom is 0.307 e. The van der Waals surface area contributed by atoms with Crippen LogP contribution < -0.4 is 4.87 Å². The Morgan fingerprint density at radius 1 is 1.56 bits per heavy atom. The fourth-order valence-corrected chi connectivity index (χ4v) is 4.84. The highest BCUT2D eigenvalue weighted by atomic mass is 32.2. The summed E-state index contributed by atoms with van der Waals surface area (Å²) in [6.07, 6.45) is 0.299. The number of hydrogen-bond donors (Lipinski definition) is 2. The first kappa shape index (κ1) is 13.2. The molecule has 7 nitrogen and oxygen atoms in total. The van der Waals surface area contributed by atoms with Crippen LogP contribution in [-0.4, -0.2) is 41.9 Å². The number of carboxylic acid groups (broad SMARTS) is 1. The summed E-state index contributed by atoms with van der Waals surface area (Å²) in [6.45, 7) is 1.64. The van der Waals surface area contributed by atoms with Gasteiger partial charge in [-0.3, -0.25) is 9.59 Å². The molecule has 1 atom stereocenters. The number of H-pyrrole nitrogens is 1. The van der Waals surface area contributed by atoms with Gasteiger partial charge in [-0.15, -0.1) is 0 Å². The maximum atomic E-state index is 12.2. The third kappa shape index (κ3) is 2.20. The van der Waals surface area contributed by atoms with E-state index in [1.165, 1.54) is 6.92 Å². The molecule has 1 aromatic heterocycles. The van der Waals surface area contributed by atoms with Crippen LogP contribution in [0.3, 0.4) is 0 Å². The average Bonchev–Trinajstić information content (AvgIpc) is 2.85. The van der Waals surface area contributed by atoms with Crippen molar-refractivity contribution >= 4 is 27.3 Å². The standard InChI is InChI=1S/C9H12N2O5S2/c1-5-8(17-9(14)10-5)18(15,16)11-3-2-6(4-11)7(12)13/h6H,2-4H2,1H3,(H,10,14)(H,12,13). The van der Waals surface area contributed by atoms with E-state index < -0.39 is 26.8 Å². The minimum absolute atomic E-state index is 0.0291. The number of hydrogen-bond acceptors (Lipinski definition) is 5. The number of carbonyl (C=O) groups is 1. The van der Waals surface area contributed by atoms with Gasteiger partial charge in [0.15, 0.2) is 4.21 Å². The van der Waals surface area contributed by atoms with Gasteiger partial charge in [0, 0.05) is 18.8 Å². The zero-order chi connectivity index (χ0) is 13.5. The van der Waals surface area contributed by atoms with Crippen LogP contribution in [0.25, 0.3) is 0 Å². The zero-order valence-corrected chi connectivity index (χ0v) is 11.2. The topological polar surface area (TPSA) is 108 Å². The van der Waals surface area contributed by atoms with Gasteiger partial charge in [0.1, 0.15) is 0 Å². The van der Waals surface area contributed by atoms with Gasteiger partial charge in [0.05, 0.1) is 5.92 Å². The summed E-state index contributed by atoms with van der Waals surface area (Å²) in [7, 11) is -3.76. The van der Waals surface area contributed by atoms with E-state index in [0.29, 0.717) is 23.5 Å². The Morgan fingerprint density at radius 2 is 2.22 bits per heavy atom. The molecule has 1 fully saturated rings. The summed E-state index contributed by atoms with van der Waals surface area (Å²) in [5, 5.41) is 8.85. The molecule has 9 heteroatoms. The number of aromatic amines is 1. The van der Waals surface area contributed by atoms with Crippen molar-refractivity contribution in [2.75, 3.05) is 13.1 Å². The van der Waals surface area contributed by atoms with E-state index in [0.717, 1.165) is 4.31 Å². The van der Waals surface area contributed by atoms with E-state index in [1.807, 2.05) is 0 Å². The molecule has 1 saturated heterocycles. The highest BCUT2D eigenvalue weighted by Gasteiger charge is 2.37. The van der Waals surface area contributed by atoms with Crippen molar-refractivity contribution in [2.24, 2.45) is 5.92 Å². The Bertz CT molecular complexity index is 630. The number of aliphatic carboxylic acids is 1. The van der Waals surface area contributed by atoms with Crippen LogP contribution in [-0.2, 0) is 14.8 Å². The van der Waals surface area contributed by atoms with Crippen LogP contribution in [0.4, 0.5) is 0 Å². The molecule has 0 radical (unpaired) electrons. The largest absolute Gasteiger partial charge is 0.481 e. The summed E-state index contributed by atoms with van der Waals surface area (Å²) < 4.78 is 25.5. The smallest absolute Gasteiger partial charge is 0.307 e. The predicted molar refractivity (Wildman–Crippen MR) is 64.2 cm³/mol. The fraction of sp³-hybridized carbons (Fsp3) is 0.556. The lowest BCUT2D eigenvalue weighted by Gasteiger charge is -2.14. The van der Waals surface area contributed by atoms with Crippen LogP contribution in [0.1, 0.15) is 12.1 Å². The van der Waals surface area contributed by atoms with Gasteiger partial charge >= 0.3 is 10.8 Å². The molecule has 0 bridgehead atoms. The molecule has 18 heavy (non-hydrogen) atoms. The van der Waals surface area contributed by atoms with Crippen LogP contribution in [0.5, 0.6) is 0 Å². The molecule has 1 aliphatic heterocycles. The monoisotopic (exact) mass is 292 g/mol. The molecule has 2 N–H and O–H groups in total. The van der Waals surface area contributed by atoms with Gasteiger partial charge in [-0.2, -0.15) is 4.31 Å². The molecule has 0 spiro atoms. The Balaban J connectivity index is 2.31. The highest BCUT2D eigenvalue weighted by Crippen LogP contribution is 2.27.